The largest absolute Gasteiger partial charge is 0.385 e. The van der Waals surface area contributed by atoms with E-state index in [1.54, 1.807) is 18.7 Å². The van der Waals surface area contributed by atoms with E-state index in [1.807, 2.05) is 0 Å². The van der Waals surface area contributed by atoms with Gasteiger partial charge in [0.05, 0.1) is 6.20 Å². The quantitative estimate of drug-likeness (QED) is 0.721. The molecule has 1 fully saturated rings. The van der Waals surface area contributed by atoms with E-state index in [4.69, 9.17) is 4.74 Å². The smallest absolute Gasteiger partial charge is 0.319 e. The second kappa shape index (κ2) is 8.41. The van der Waals surface area contributed by atoms with Crippen LogP contribution >= 0.6 is 11.3 Å². The minimum absolute atomic E-state index is 0.181. The van der Waals surface area contributed by atoms with Crippen molar-refractivity contribution in [3.63, 3.8) is 0 Å². The van der Waals surface area contributed by atoms with Gasteiger partial charge in [0.25, 0.3) is 5.56 Å². The molecule has 0 radical (unpaired) electrons. The third-order valence-electron chi connectivity index (χ3n) is 4.34. The molecule has 0 aromatic carbocycles. The Labute approximate surface area is 149 Å². The molecule has 25 heavy (non-hydrogen) atoms. The standard InChI is InChI=1S/C16H23N5O3S/c1-24-7-2-4-20-5-3-12(11-20)9-17-15(23)19-13-10-18-16-21(14(13)22)6-8-25-16/h6,8,10,12H,2-5,7,9,11H2,1H3,(H2,17,19,23)/t12-/m0/s1. The lowest BCUT2D eigenvalue weighted by atomic mass is 10.1. The number of amides is 2. The maximum atomic E-state index is 12.2. The lowest BCUT2D eigenvalue weighted by molar-refractivity contribution is 0.178. The summed E-state index contributed by atoms with van der Waals surface area (Å²) in [6.45, 7) is 4.44. The van der Waals surface area contributed by atoms with E-state index in [-0.39, 0.29) is 17.3 Å². The average Bonchev–Trinajstić information content (AvgIpc) is 3.25. The van der Waals surface area contributed by atoms with Gasteiger partial charge in [-0.2, -0.15) is 0 Å². The average molecular weight is 365 g/mol. The number of carbonyl (C=O) groups is 1. The van der Waals surface area contributed by atoms with Gasteiger partial charge in [0.15, 0.2) is 4.96 Å². The zero-order valence-electron chi connectivity index (χ0n) is 14.2. The lowest BCUT2D eigenvalue weighted by Gasteiger charge is -2.16. The van der Waals surface area contributed by atoms with Crippen LogP contribution in [0.25, 0.3) is 4.96 Å². The van der Waals surface area contributed by atoms with Crippen molar-refractivity contribution in [1.29, 1.82) is 0 Å². The van der Waals surface area contributed by atoms with Crippen molar-refractivity contribution >= 4 is 28.0 Å². The van der Waals surface area contributed by atoms with Gasteiger partial charge in [-0.05, 0) is 25.3 Å². The van der Waals surface area contributed by atoms with Gasteiger partial charge in [0.1, 0.15) is 5.69 Å². The van der Waals surface area contributed by atoms with Crippen molar-refractivity contribution in [2.45, 2.75) is 12.8 Å². The van der Waals surface area contributed by atoms with E-state index < -0.39 is 0 Å². The first-order valence-electron chi connectivity index (χ1n) is 8.38. The molecule has 2 aromatic heterocycles. The van der Waals surface area contributed by atoms with E-state index in [1.165, 1.54) is 21.9 Å². The molecular weight excluding hydrogens is 342 g/mol. The van der Waals surface area contributed by atoms with Crippen LogP contribution < -0.4 is 16.2 Å². The summed E-state index contributed by atoms with van der Waals surface area (Å²) in [7, 11) is 1.72. The Bertz CT molecular complexity index is 774. The van der Waals surface area contributed by atoms with Gasteiger partial charge in [-0.25, -0.2) is 9.78 Å². The molecule has 1 aliphatic rings. The van der Waals surface area contributed by atoms with Crippen LogP contribution in [0.3, 0.4) is 0 Å². The first kappa shape index (κ1) is 17.8. The summed E-state index contributed by atoms with van der Waals surface area (Å²) in [6.07, 6.45) is 5.15. The van der Waals surface area contributed by atoms with Gasteiger partial charge in [-0.15, -0.1) is 11.3 Å². The summed E-state index contributed by atoms with van der Waals surface area (Å²) in [4.78, 5) is 31.4. The van der Waals surface area contributed by atoms with Crippen molar-refractivity contribution in [2.24, 2.45) is 5.92 Å². The number of hydrogen-bond donors (Lipinski definition) is 2. The molecule has 0 unspecified atom stereocenters. The van der Waals surface area contributed by atoms with Gasteiger partial charge in [0, 0.05) is 44.9 Å². The normalized spacial score (nSPS) is 17.9. The van der Waals surface area contributed by atoms with Crippen LogP contribution in [-0.4, -0.2) is 60.2 Å². The topological polar surface area (TPSA) is 88.0 Å². The summed E-state index contributed by atoms with van der Waals surface area (Å²) in [5, 5.41) is 7.24. The molecule has 1 saturated heterocycles. The fourth-order valence-corrected chi connectivity index (χ4v) is 3.70. The summed E-state index contributed by atoms with van der Waals surface area (Å²) in [6, 6.07) is -0.369. The molecule has 2 amide bonds. The minimum Gasteiger partial charge on any atom is -0.385 e. The molecule has 2 aromatic rings. The molecule has 0 spiro atoms. The molecule has 0 aliphatic carbocycles. The molecule has 0 bridgehead atoms. The number of aromatic nitrogens is 2. The number of thiazole rings is 1. The number of nitrogens with one attached hydrogen (secondary N) is 2. The highest BCUT2D eigenvalue weighted by Gasteiger charge is 2.22. The maximum Gasteiger partial charge on any atom is 0.319 e. The number of rotatable bonds is 7. The predicted molar refractivity (Wildman–Crippen MR) is 97.4 cm³/mol. The highest BCUT2D eigenvalue weighted by Crippen LogP contribution is 2.15. The Hall–Kier alpha value is -1.97. The molecule has 9 heteroatoms. The van der Waals surface area contributed by atoms with Crippen LogP contribution in [0, 0.1) is 5.92 Å². The number of hydrogen-bond acceptors (Lipinski definition) is 6. The van der Waals surface area contributed by atoms with Crippen LogP contribution in [0.1, 0.15) is 12.8 Å². The zero-order chi connectivity index (χ0) is 17.6. The number of carbonyl (C=O) groups excluding carboxylic acids is 1. The summed E-state index contributed by atoms with van der Waals surface area (Å²) in [5.74, 6) is 0.437. The van der Waals surface area contributed by atoms with Crippen molar-refractivity contribution < 1.29 is 9.53 Å². The SMILES string of the molecule is COCCCN1CC[C@@H](CNC(=O)Nc2cnc3sccn3c2=O)C1. The monoisotopic (exact) mass is 365 g/mol. The van der Waals surface area contributed by atoms with Crippen molar-refractivity contribution in [3.8, 4) is 0 Å². The van der Waals surface area contributed by atoms with E-state index >= 15 is 0 Å². The molecule has 3 heterocycles. The molecule has 3 rings (SSSR count). The van der Waals surface area contributed by atoms with Gasteiger partial charge >= 0.3 is 6.03 Å². The molecule has 8 nitrogen and oxygen atoms in total. The number of likely N-dealkylation sites (tertiary alicyclic amines) is 1. The molecule has 1 aliphatic heterocycles. The van der Waals surface area contributed by atoms with E-state index in [2.05, 4.69) is 20.5 Å². The van der Waals surface area contributed by atoms with Crippen molar-refractivity contribution in [1.82, 2.24) is 19.6 Å². The first-order valence-corrected chi connectivity index (χ1v) is 9.26. The zero-order valence-corrected chi connectivity index (χ0v) is 15.1. The van der Waals surface area contributed by atoms with Gasteiger partial charge < -0.3 is 20.3 Å². The number of fused-ring (bicyclic) bond motifs is 1. The van der Waals surface area contributed by atoms with Crippen LogP contribution in [0.5, 0.6) is 0 Å². The molecule has 1 atom stereocenters. The van der Waals surface area contributed by atoms with E-state index in [9.17, 15) is 9.59 Å². The summed E-state index contributed by atoms with van der Waals surface area (Å²) in [5.41, 5.74) is -0.0902. The number of methoxy groups -OCH3 is 1. The second-order valence-corrected chi connectivity index (χ2v) is 7.04. The number of anilines is 1. The molecule has 0 saturated carbocycles. The van der Waals surface area contributed by atoms with Crippen molar-refractivity contribution in [2.75, 3.05) is 45.2 Å². The summed E-state index contributed by atoms with van der Waals surface area (Å²) >= 11 is 1.37. The third-order valence-corrected chi connectivity index (χ3v) is 5.11. The van der Waals surface area contributed by atoms with Crippen LogP contribution in [-0.2, 0) is 4.74 Å². The Morgan fingerprint density at radius 3 is 3.24 bits per heavy atom. The van der Waals surface area contributed by atoms with Gasteiger partial charge in [0.2, 0.25) is 0 Å². The van der Waals surface area contributed by atoms with Crippen LogP contribution in [0.2, 0.25) is 0 Å². The Balaban J connectivity index is 1.45. The predicted octanol–water partition coefficient (Wildman–Crippen LogP) is 1.24. The van der Waals surface area contributed by atoms with Crippen LogP contribution in [0.4, 0.5) is 10.5 Å². The molecule has 2 N–H and O–H groups in total. The van der Waals surface area contributed by atoms with Crippen molar-refractivity contribution in [3.05, 3.63) is 28.1 Å². The van der Waals surface area contributed by atoms with Gasteiger partial charge in [-0.3, -0.25) is 9.20 Å². The molecular formula is C16H23N5O3S. The van der Waals surface area contributed by atoms with E-state index in [0.29, 0.717) is 17.4 Å². The minimum atomic E-state index is -0.369. The second-order valence-electron chi connectivity index (χ2n) is 6.17. The Morgan fingerprint density at radius 2 is 2.40 bits per heavy atom. The highest BCUT2D eigenvalue weighted by molar-refractivity contribution is 7.15. The maximum absolute atomic E-state index is 12.2. The lowest BCUT2D eigenvalue weighted by Crippen LogP contribution is -2.36. The fourth-order valence-electron chi connectivity index (χ4n) is 3.03. The fraction of sp³-hybridized carbons (Fsp3) is 0.562. The highest BCUT2D eigenvalue weighted by atomic mass is 32.1. The van der Waals surface area contributed by atoms with E-state index in [0.717, 1.165) is 39.1 Å². The molecule has 136 valence electrons. The Morgan fingerprint density at radius 1 is 1.52 bits per heavy atom. The third kappa shape index (κ3) is 4.56. The first-order chi connectivity index (χ1) is 12.2. The number of nitrogens with zero attached hydrogens (tertiary/aromatic N) is 3. The van der Waals surface area contributed by atoms with Crippen LogP contribution in [0.15, 0.2) is 22.6 Å². The Kier molecular flexibility index (Phi) is 6.00. The summed E-state index contributed by atoms with van der Waals surface area (Å²) < 4.78 is 6.50. The number of urea groups is 1. The van der Waals surface area contributed by atoms with Gasteiger partial charge in [-0.1, -0.05) is 0 Å². The number of ether oxygens (including phenoxy) is 1.